The van der Waals surface area contributed by atoms with Gasteiger partial charge < -0.3 is 9.47 Å². The normalized spacial score (nSPS) is 10.2. The Bertz CT molecular complexity index is 795. The highest BCUT2D eigenvalue weighted by Crippen LogP contribution is 2.22. The van der Waals surface area contributed by atoms with E-state index in [-0.39, 0.29) is 24.6 Å². The molecule has 0 unspecified atom stereocenters. The van der Waals surface area contributed by atoms with Gasteiger partial charge in [0.2, 0.25) is 0 Å². The molecule has 8 heteroatoms. The summed E-state index contributed by atoms with van der Waals surface area (Å²) in [5.41, 5.74) is 1.62. The third kappa shape index (κ3) is 5.36. The van der Waals surface area contributed by atoms with Crippen molar-refractivity contribution in [3.63, 3.8) is 0 Å². The van der Waals surface area contributed by atoms with Gasteiger partial charge in [-0.05, 0) is 43.7 Å². The minimum atomic E-state index is -0.714. The number of anilines is 1. The highest BCUT2D eigenvalue weighted by molar-refractivity contribution is 6.31. The van der Waals surface area contributed by atoms with Crippen molar-refractivity contribution < 1.29 is 19.2 Å². The van der Waals surface area contributed by atoms with Gasteiger partial charge in [-0.2, -0.15) is 0 Å². The van der Waals surface area contributed by atoms with Crippen LogP contribution in [-0.2, 0) is 4.74 Å². The quantitative estimate of drug-likeness (QED) is 0.463. The summed E-state index contributed by atoms with van der Waals surface area (Å²) < 4.78 is 10.4. The van der Waals surface area contributed by atoms with Crippen molar-refractivity contribution in [1.29, 1.82) is 0 Å². The first kappa shape index (κ1) is 18.5. The fraction of sp³-hybridized carbons (Fsp3) is 0.235. The van der Waals surface area contributed by atoms with E-state index in [4.69, 9.17) is 21.1 Å². The molecule has 2 aromatic carbocycles. The number of ether oxygens (including phenoxy) is 2. The first-order valence-electron chi connectivity index (χ1n) is 7.44. The van der Waals surface area contributed by atoms with Crippen molar-refractivity contribution in [3.8, 4) is 5.75 Å². The Morgan fingerprint density at radius 1 is 1.16 bits per heavy atom. The fourth-order valence-electron chi connectivity index (χ4n) is 2.04. The topological polar surface area (TPSA) is 90.7 Å². The highest BCUT2D eigenvalue weighted by Gasteiger charge is 2.12. The first-order chi connectivity index (χ1) is 11.9. The molecule has 0 spiro atoms. The largest absolute Gasteiger partial charge is 0.490 e. The third-order valence-corrected chi connectivity index (χ3v) is 3.79. The minimum absolute atomic E-state index is 0.0292. The molecule has 2 aromatic rings. The Morgan fingerprint density at radius 3 is 2.60 bits per heavy atom. The fourth-order valence-corrected chi connectivity index (χ4v) is 2.16. The van der Waals surface area contributed by atoms with Crippen LogP contribution in [0, 0.1) is 24.0 Å². The lowest BCUT2D eigenvalue weighted by molar-refractivity contribution is -0.385. The molecule has 0 aromatic heterocycles. The molecule has 0 saturated heterocycles. The lowest BCUT2D eigenvalue weighted by Crippen LogP contribution is -2.17. The van der Waals surface area contributed by atoms with Crippen LogP contribution in [0.4, 0.5) is 16.2 Å². The van der Waals surface area contributed by atoms with E-state index in [1.165, 1.54) is 6.07 Å². The Morgan fingerprint density at radius 2 is 1.92 bits per heavy atom. The van der Waals surface area contributed by atoms with Crippen LogP contribution in [0.25, 0.3) is 0 Å². The summed E-state index contributed by atoms with van der Waals surface area (Å²) in [5.74, 6) is 0.625. The second-order valence-electron chi connectivity index (χ2n) is 5.28. The van der Waals surface area contributed by atoms with Gasteiger partial charge in [0.15, 0.2) is 0 Å². The van der Waals surface area contributed by atoms with E-state index in [0.717, 1.165) is 5.56 Å². The molecule has 2 rings (SSSR count). The number of amides is 1. The van der Waals surface area contributed by atoms with Crippen LogP contribution in [0.5, 0.6) is 5.75 Å². The lowest BCUT2D eigenvalue weighted by Gasteiger charge is -2.09. The molecule has 0 aliphatic heterocycles. The summed E-state index contributed by atoms with van der Waals surface area (Å²) in [6.45, 7) is 3.68. The number of nitrogens with zero attached hydrogens (tertiary/aromatic N) is 1. The number of carbonyl (C=O) groups excluding carboxylic acids is 1. The van der Waals surface area contributed by atoms with Crippen molar-refractivity contribution in [2.75, 3.05) is 18.5 Å². The monoisotopic (exact) mass is 364 g/mol. The average Bonchev–Trinajstić information content (AvgIpc) is 2.56. The van der Waals surface area contributed by atoms with Gasteiger partial charge in [0.1, 0.15) is 19.0 Å². The van der Waals surface area contributed by atoms with E-state index in [0.29, 0.717) is 16.3 Å². The summed E-state index contributed by atoms with van der Waals surface area (Å²) in [5, 5.41) is 14.0. The molecule has 0 fully saturated rings. The number of nitrogens with one attached hydrogen (secondary N) is 1. The van der Waals surface area contributed by atoms with E-state index >= 15 is 0 Å². The Balaban J connectivity index is 1.80. The summed E-state index contributed by atoms with van der Waals surface area (Å²) in [4.78, 5) is 22.1. The van der Waals surface area contributed by atoms with Gasteiger partial charge in [0, 0.05) is 16.7 Å². The SMILES string of the molecule is Cc1cc(OCCOC(=O)Nc2ccc(C)c([N+](=O)[O-])c2)ccc1Cl. The van der Waals surface area contributed by atoms with Crippen molar-refractivity contribution in [3.05, 3.63) is 62.7 Å². The molecule has 0 saturated carbocycles. The number of hydrogen-bond acceptors (Lipinski definition) is 5. The Kier molecular flexibility index (Phi) is 6.19. The van der Waals surface area contributed by atoms with Crippen molar-refractivity contribution in [1.82, 2.24) is 0 Å². The van der Waals surface area contributed by atoms with Crippen LogP contribution in [0.2, 0.25) is 5.02 Å². The van der Waals surface area contributed by atoms with E-state index in [1.54, 1.807) is 37.3 Å². The Labute approximate surface area is 149 Å². The van der Waals surface area contributed by atoms with Crippen LogP contribution in [0.3, 0.4) is 0 Å². The maximum atomic E-state index is 11.7. The van der Waals surface area contributed by atoms with E-state index in [1.807, 2.05) is 6.92 Å². The predicted octanol–water partition coefficient (Wildman–Crippen LogP) is 4.49. The molecule has 0 heterocycles. The van der Waals surface area contributed by atoms with Gasteiger partial charge in [-0.25, -0.2) is 4.79 Å². The number of hydrogen-bond donors (Lipinski definition) is 1. The molecule has 1 amide bonds. The Hall–Kier alpha value is -2.80. The highest BCUT2D eigenvalue weighted by atomic mass is 35.5. The smallest absolute Gasteiger partial charge is 0.411 e. The first-order valence-corrected chi connectivity index (χ1v) is 7.82. The van der Waals surface area contributed by atoms with Crippen molar-refractivity contribution >= 4 is 29.1 Å². The molecule has 1 N–H and O–H groups in total. The maximum Gasteiger partial charge on any atom is 0.411 e. The van der Waals surface area contributed by atoms with Crippen molar-refractivity contribution in [2.24, 2.45) is 0 Å². The van der Waals surface area contributed by atoms with Gasteiger partial charge >= 0.3 is 6.09 Å². The molecule has 0 radical (unpaired) electrons. The van der Waals surface area contributed by atoms with E-state index in [2.05, 4.69) is 5.32 Å². The molecular weight excluding hydrogens is 348 g/mol. The molecule has 0 atom stereocenters. The summed E-state index contributed by atoms with van der Waals surface area (Å²) in [6.07, 6.45) is -0.714. The molecule has 25 heavy (non-hydrogen) atoms. The van der Waals surface area contributed by atoms with E-state index < -0.39 is 11.0 Å². The third-order valence-electron chi connectivity index (χ3n) is 3.37. The number of aryl methyl sites for hydroxylation is 2. The number of benzene rings is 2. The molecule has 0 aliphatic carbocycles. The number of carbonyl (C=O) groups is 1. The molecule has 132 valence electrons. The molecular formula is C17H17ClN2O5. The zero-order valence-electron chi connectivity index (χ0n) is 13.7. The summed E-state index contributed by atoms with van der Waals surface area (Å²) >= 11 is 5.93. The second kappa shape index (κ2) is 8.34. The zero-order valence-corrected chi connectivity index (χ0v) is 14.5. The van der Waals surface area contributed by atoms with Crippen molar-refractivity contribution in [2.45, 2.75) is 13.8 Å². The van der Waals surface area contributed by atoms with Crippen LogP contribution in [0.1, 0.15) is 11.1 Å². The van der Waals surface area contributed by atoms with Crippen LogP contribution in [0.15, 0.2) is 36.4 Å². The number of nitro groups is 1. The maximum absolute atomic E-state index is 11.7. The zero-order chi connectivity index (χ0) is 18.4. The van der Waals surface area contributed by atoms with Gasteiger partial charge in [0.05, 0.1) is 10.6 Å². The molecule has 0 aliphatic rings. The van der Waals surface area contributed by atoms with Gasteiger partial charge in [0.25, 0.3) is 5.69 Å². The van der Waals surface area contributed by atoms with Crippen LogP contribution < -0.4 is 10.1 Å². The summed E-state index contributed by atoms with van der Waals surface area (Å²) in [6, 6.07) is 9.64. The van der Waals surface area contributed by atoms with Gasteiger partial charge in [-0.3, -0.25) is 15.4 Å². The molecule has 7 nitrogen and oxygen atoms in total. The number of halogens is 1. The lowest BCUT2D eigenvalue weighted by atomic mass is 10.2. The average molecular weight is 365 g/mol. The van der Waals surface area contributed by atoms with E-state index in [9.17, 15) is 14.9 Å². The van der Waals surface area contributed by atoms with Gasteiger partial charge in [-0.15, -0.1) is 0 Å². The number of rotatable bonds is 6. The minimum Gasteiger partial charge on any atom is -0.490 e. The summed E-state index contributed by atoms with van der Waals surface area (Å²) in [7, 11) is 0. The standard InChI is InChI=1S/C17H17ClN2O5/c1-11-3-4-13(10-16(11)20(22)23)19-17(21)25-8-7-24-14-5-6-15(18)12(2)9-14/h3-6,9-10H,7-8H2,1-2H3,(H,19,21). The van der Waals surface area contributed by atoms with Gasteiger partial charge in [-0.1, -0.05) is 17.7 Å². The van der Waals surface area contributed by atoms with Crippen LogP contribution >= 0.6 is 11.6 Å². The molecule has 0 bridgehead atoms. The second-order valence-corrected chi connectivity index (χ2v) is 5.69. The number of nitro benzene ring substituents is 1. The van der Waals surface area contributed by atoms with Crippen LogP contribution in [-0.4, -0.2) is 24.2 Å². The predicted molar refractivity (Wildman–Crippen MR) is 94.5 cm³/mol.